The van der Waals surface area contributed by atoms with Crippen LogP contribution in [0.1, 0.15) is 38.1 Å². The molecular formula is C24H26N2. The summed E-state index contributed by atoms with van der Waals surface area (Å²) in [5, 5.41) is 0. The molecule has 1 heterocycles. The Bertz CT molecular complexity index is 900. The molecule has 3 aromatic rings. The number of allylic oxidation sites excluding steroid dienone is 1. The van der Waals surface area contributed by atoms with Gasteiger partial charge in [0.15, 0.2) is 0 Å². The van der Waals surface area contributed by atoms with Gasteiger partial charge in [-0.15, -0.1) is 6.58 Å². The van der Waals surface area contributed by atoms with Crippen molar-refractivity contribution in [2.45, 2.75) is 38.6 Å². The first-order chi connectivity index (χ1) is 12.6. The largest absolute Gasteiger partial charge is 0.329 e. The van der Waals surface area contributed by atoms with E-state index in [1.807, 2.05) is 0 Å². The molecule has 1 saturated carbocycles. The predicted octanol–water partition coefficient (Wildman–Crippen LogP) is 5.84. The van der Waals surface area contributed by atoms with Crippen LogP contribution in [0.5, 0.6) is 0 Å². The highest BCUT2D eigenvalue weighted by atomic mass is 15.1. The van der Waals surface area contributed by atoms with E-state index in [2.05, 4.69) is 97.9 Å². The fourth-order valence-electron chi connectivity index (χ4n) is 3.92. The Kier molecular flexibility index (Phi) is 4.07. The molecule has 1 aliphatic carbocycles. The van der Waals surface area contributed by atoms with Crippen molar-refractivity contribution in [1.82, 2.24) is 9.55 Å². The van der Waals surface area contributed by atoms with Gasteiger partial charge in [0.25, 0.3) is 0 Å². The van der Waals surface area contributed by atoms with Crippen molar-refractivity contribution in [2.24, 2.45) is 5.41 Å². The summed E-state index contributed by atoms with van der Waals surface area (Å²) in [7, 11) is 0. The number of imidazole rings is 1. The molecule has 1 aromatic heterocycles. The first kappa shape index (κ1) is 16.8. The van der Waals surface area contributed by atoms with Crippen molar-refractivity contribution in [2.75, 3.05) is 0 Å². The third-order valence-electron chi connectivity index (χ3n) is 5.96. The minimum absolute atomic E-state index is 0.0285. The number of aromatic nitrogens is 2. The molecular weight excluding hydrogens is 316 g/mol. The van der Waals surface area contributed by atoms with E-state index in [-0.39, 0.29) is 10.8 Å². The van der Waals surface area contributed by atoms with Crippen LogP contribution in [0.4, 0.5) is 0 Å². The van der Waals surface area contributed by atoms with Crippen LogP contribution < -0.4 is 0 Å². The summed E-state index contributed by atoms with van der Waals surface area (Å²) in [5.74, 6) is 1.20. The van der Waals surface area contributed by atoms with Crippen molar-refractivity contribution in [3.63, 3.8) is 0 Å². The Hall–Kier alpha value is -2.61. The highest BCUT2D eigenvalue weighted by Gasteiger charge is 2.57. The minimum Gasteiger partial charge on any atom is -0.329 e. The summed E-state index contributed by atoms with van der Waals surface area (Å²) in [6.07, 6.45) is 6.67. The minimum atomic E-state index is 0.0285. The van der Waals surface area contributed by atoms with Gasteiger partial charge in [0.1, 0.15) is 5.82 Å². The fourth-order valence-corrected chi connectivity index (χ4v) is 3.92. The van der Waals surface area contributed by atoms with Crippen LogP contribution in [-0.2, 0) is 12.0 Å². The summed E-state index contributed by atoms with van der Waals surface area (Å²) in [6.45, 7) is 9.53. The fraction of sp³-hybridized carbons (Fsp3) is 0.292. The smallest absolute Gasteiger partial charge is 0.116 e. The molecule has 26 heavy (non-hydrogen) atoms. The van der Waals surface area contributed by atoms with E-state index >= 15 is 0 Å². The van der Waals surface area contributed by atoms with Crippen LogP contribution in [0.25, 0.3) is 11.3 Å². The Morgan fingerprint density at radius 2 is 1.65 bits per heavy atom. The van der Waals surface area contributed by atoms with E-state index in [1.54, 1.807) is 0 Å². The molecule has 1 aliphatic rings. The Morgan fingerprint density at radius 1 is 1.04 bits per heavy atom. The van der Waals surface area contributed by atoms with Gasteiger partial charge in [-0.25, -0.2) is 4.98 Å². The van der Waals surface area contributed by atoms with Crippen molar-refractivity contribution < 1.29 is 0 Å². The maximum atomic E-state index is 5.14. The van der Waals surface area contributed by atoms with Crippen molar-refractivity contribution in [3.8, 4) is 11.3 Å². The van der Waals surface area contributed by atoms with Gasteiger partial charge in [-0.2, -0.15) is 0 Å². The van der Waals surface area contributed by atoms with Crippen LogP contribution in [-0.4, -0.2) is 9.55 Å². The van der Waals surface area contributed by atoms with Crippen LogP contribution in [0.3, 0.4) is 0 Å². The van der Waals surface area contributed by atoms with Gasteiger partial charge in [-0.1, -0.05) is 80.6 Å². The molecule has 0 amide bonds. The maximum Gasteiger partial charge on any atom is 0.116 e. The lowest BCUT2D eigenvalue weighted by molar-refractivity contribution is 0.328. The van der Waals surface area contributed by atoms with Gasteiger partial charge in [-0.05, 0) is 23.8 Å². The number of benzene rings is 2. The first-order valence-corrected chi connectivity index (χ1v) is 9.36. The first-order valence-electron chi connectivity index (χ1n) is 9.36. The predicted molar refractivity (Wildman–Crippen MR) is 108 cm³/mol. The summed E-state index contributed by atoms with van der Waals surface area (Å²) in [5.41, 5.74) is 3.66. The number of rotatable bonds is 6. The highest BCUT2D eigenvalue weighted by Crippen LogP contribution is 2.60. The summed E-state index contributed by atoms with van der Waals surface area (Å²) in [4.78, 5) is 5.14. The molecule has 0 bridgehead atoms. The van der Waals surface area contributed by atoms with E-state index in [9.17, 15) is 0 Å². The van der Waals surface area contributed by atoms with Gasteiger partial charge in [-0.3, -0.25) is 0 Å². The zero-order valence-electron chi connectivity index (χ0n) is 15.7. The van der Waals surface area contributed by atoms with Crippen molar-refractivity contribution in [1.29, 1.82) is 0 Å². The highest BCUT2D eigenvalue weighted by molar-refractivity contribution is 5.59. The number of hydrogen-bond donors (Lipinski definition) is 0. The average Bonchev–Trinajstić information content (AvgIpc) is 3.39. The number of nitrogens with zero attached hydrogens (tertiary/aromatic N) is 2. The summed E-state index contributed by atoms with van der Waals surface area (Å²) in [6, 6.07) is 21.1. The molecule has 2 aromatic carbocycles. The second-order valence-corrected chi connectivity index (χ2v) is 7.94. The maximum absolute atomic E-state index is 5.14. The molecule has 0 saturated heterocycles. The molecule has 0 unspecified atom stereocenters. The lowest BCUT2D eigenvalue weighted by Gasteiger charge is -2.31. The molecule has 0 atom stereocenters. The molecule has 0 spiro atoms. The number of hydrogen-bond acceptors (Lipinski definition) is 1. The zero-order chi connectivity index (χ0) is 18.2. The van der Waals surface area contributed by atoms with Crippen LogP contribution in [0.2, 0.25) is 0 Å². The van der Waals surface area contributed by atoms with Gasteiger partial charge < -0.3 is 4.57 Å². The monoisotopic (exact) mass is 342 g/mol. The zero-order valence-corrected chi connectivity index (χ0v) is 15.7. The second kappa shape index (κ2) is 6.28. The van der Waals surface area contributed by atoms with Gasteiger partial charge >= 0.3 is 0 Å². The molecule has 0 radical (unpaired) electrons. The Morgan fingerprint density at radius 3 is 2.23 bits per heavy atom. The third-order valence-corrected chi connectivity index (χ3v) is 5.96. The normalized spacial score (nSPS) is 15.6. The van der Waals surface area contributed by atoms with E-state index in [4.69, 9.17) is 4.98 Å². The second-order valence-electron chi connectivity index (χ2n) is 7.94. The molecule has 2 nitrogen and oxygen atoms in total. The topological polar surface area (TPSA) is 17.8 Å². The average molecular weight is 342 g/mol. The lowest BCUT2D eigenvalue weighted by atomic mass is 9.75. The van der Waals surface area contributed by atoms with E-state index in [0.29, 0.717) is 0 Å². The van der Waals surface area contributed by atoms with Gasteiger partial charge in [0, 0.05) is 23.7 Å². The molecule has 4 rings (SSSR count). The van der Waals surface area contributed by atoms with Crippen LogP contribution >= 0.6 is 0 Å². The van der Waals surface area contributed by atoms with Crippen molar-refractivity contribution in [3.05, 3.63) is 90.9 Å². The quantitative estimate of drug-likeness (QED) is 0.514. The molecule has 1 fully saturated rings. The SMILES string of the molecule is C=CC(C)(C)C1(c2nc(-c3ccccc3)cn2Cc2ccccc2)CC1. The lowest BCUT2D eigenvalue weighted by Crippen LogP contribution is -2.30. The van der Waals surface area contributed by atoms with E-state index < -0.39 is 0 Å². The third kappa shape index (κ3) is 2.80. The standard InChI is InChI=1S/C24H26N2/c1-4-23(2,3)24(15-16-24)22-25-21(20-13-9-6-10-14-20)18-26(22)17-19-11-7-5-8-12-19/h4-14,18H,1,15-17H2,2-3H3. The molecule has 132 valence electrons. The Balaban J connectivity index is 1.81. The summed E-state index contributed by atoms with van der Waals surface area (Å²) >= 11 is 0. The molecule has 2 heteroatoms. The van der Waals surface area contributed by atoms with Gasteiger partial charge in [0.05, 0.1) is 5.69 Å². The van der Waals surface area contributed by atoms with Crippen LogP contribution in [0.15, 0.2) is 79.5 Å². The Labute approximate surface area is 156 Å². The molecule has 0 N–H and O–H groups in total. The summed E-state index contributed by atoms with van der Waals surface area (Å²) < 4.78 is 2.36. The molecule has 0 aliphatic heterocycles. The van der Waals surface area contributed by atoms with E-state index in [0.717, 1.165) is 12.2 Å². The van der Waals surface area contributed by atoms with Crippen molar-refractivity contribution >= 4 is 0 Å². The van der Waals surface area contributed by atoms with E-state index in [1.165, 1.54) is 29.8 Å². The van der Waals surface area contributed by atoms with Crippen LogP contribution in [0, 0.1) is 5.41 Å². The van der Waals surface area contributed by atoms with Gasteiger partial charge in [0.2, 0.25) is 0 Å².